The van der Waals surface area contributed by atoms with Gasteiger partial charge in [-0.25, -0.2) is 8.42 Å². The van der Waals surface area contributed by atoms with Crippen molar-refractivity contribution in [2.45, 2.75) is 82.4 Å². The van der Waals surface area contributed by atoms with Crippen molar-refractivity contribution in [1.82, 2.24) is 20.9 Å². The van der Waals surface area contributed by atoms with Gasteiger partial charge in [0.05, 0.1) is 17.8 Å². The fourth-order valence-corrected chi connectivity index (χ4v) is 7.78. The number of nitrogens with zero attached hydrogens (tertiary/aromatic N) is 1. The third-order valence-corrected chi connectivity index (χ3v) is 9.79. The van der Waals surface area contributed by atoms with E-state index in [4.69, 9.17) is 0 Å². The van der Waals surface area contributed by atoms with Crippen molar-refractivity contribution < 1.29 is 22.8 Å². The molecule has 3 N–H and O–H groups in total. The van der Waals surface area contributed by atoms with Gasteiger partial charge in [-0.3, -0.25) is 14.4 Å². The first-order valence-corrected chi connectivity index (χ1v) is 14.1. The lowest BCUT2D eigenvalue weighted by molar-refractivity contribution is -0.144. The summed E-state index contributed by atoms with van der Waals surface area (Å²) in [7, 11) is -2.05. The number of likely N-dealkylation sites (N-methyl/N-ethyl adjacent to an activating group) is 1. The van der Waals surface area contributed by atoms with Crippen LogP contribution in [0.4, 0.5) is 0 Å². The van der Waals surface area contributed by atoms with E-state index in [-0.39, 0.29) is 48.9 Å². The van der Waals surface area contributed by atoms with Crippen molar-refractivity contribution >= 4 is 40.0 Å². The van der Waals surface area contributed by atoms with Gasteiger partial charge < -0.3 is 20.9 Å². The number of aryl methyl sites for hydroxylation is 1. The molecule has 2 fully saturated rings. The molecule has 2 heterocycles. The quantitative estimate of drug-likeness (QED) is 0.519. The van der Waals surface area contributed by atoms with E-state index < -0.39 is 44.7 Å². The van der Waals surface area contributed by atoms with Gasteiger partial charge in [-0.2, -0.15) is 0 Å². The second kappa shape index (κ2) is 10.7. The van der Waals surface area contributed by atoms with Crippen molar-refractivity contribution in [3.05, 3.63) is 35.4 Å². The molecule has 0 aromatic heterocycles. The second-order valence-corrected chi connectivity index (χ2v) is 13.0. The monoisotopic (exact) mass is 540 g/mol. The number of hydrogen-bond acceptors (Lipinski definition) is 6. The van der Waals surface area contributed by atoms with Gasteiger partial charge in [0.25, 0.3) is 0 Å². The number of fused-ring (bicyclic) bond motifs is 2. The van der Waals surface area contributed by atoms with Crippen LogP contribution in [0.1, 0.15) is 63.6 Å². The number of rotatable bonds is 5. The van der Waals surface area contributed by atoms with E-state index in [1.165, 1.54) is 10.5 Å². The molecule has 200 valence electrons. The zero-order chi connectivity index (χ0) is 25.5. The molecule has 0 radical (unpaired) electrons. The average molecular weight is 541 g/mol. The van der Waals surface area contributed by atoms with E-state index in [1.54, 1.807) is 14.0 Å². The summed E-state index contributed by atoms with van der Waals surface area (Å²) in [6.45, 7) is 5.33. The lowest BCUT2D eigenvalue weighted by Gasteiger charge is -2.36. The first kappa shape index (κ1) is 28.4. The van der Waals surface area contributed by atoms with Crippen molar-refractivity contribution in [3.63, 3.8) is 0 Å². The highest BCUT2D eigenvalue weighted by Gasteiger charge is 2.58. The van der Waals surface area contributed by atoms with Crippen LogP contribution >= 0.6 is 12.4 Å². The van der Waals surface area contributed by atoms with Gasteiger partial charge in [0.1, 0.15) is 17.5 Å². The Hall–Kier alpha value is -2.17. The summed E-state index contributed by atoms with van der Waals surface area (Å²) in [5, 5.41) is 7.58. The Bertz CT molecular complexity index is 1130. The van der Waals surface area contributed by atoms with Crippen LogP contribution in [-0.4, -0.2) is 67.3 Å². The smallest absolute Gasteiger partial charge is 0.246 e. The van der Waals surface area contributed by atoms with Crippen LogP contribution in [0.3, 0.4) is 0 Å². The first-order chi connectivity index (χ1) is 16.5. The number of carbonyl (C=O) groups excluding carboxylic acids is 3. The first-order valence-electron chi connectivity index (χ1n) is 12.4. The molecule has 0 bridgehead atoms. The average Bonchev–Trinajstić information content (AvgIpc) is 3.08. The highest BCUT2D eigenvalue weighted by molar-refractivity contribution is 7.92. The fraction of sp³-hybridized carbons (Fsp3) is 0.640. The summed E-state index contributed by atoms with van der Waals surface area (Å²) in [6, 6.07) is 5.32. The molecule has 3 amide bonds. The van der Waals surface area contributed by atoms with E-state index in [0.29, 0.717) is 0 Å². The Kier molecular flexibility index (Phi) is 8.42. The maximum absolute atomic E-state index is 13.7. The van der Waals surface area contributed by atoms with Gasteiger partial charge in [0, 0.05) is 0 Å². The SMILES string of the molecule is CN[C@@H](C)C(=O)N[C@H]1CCS(=O)(=O)[C@H]2CC(C)(C)[C@@H](C(=O)N[C@@H]3CCCc4ccccc43)N2C1=O.Cl. The third-order valence-electron chi connectivity index (χ3n) is 7.76. The molecule has 5 atom stereocenters. The topological polar surface area (TPSA) is 125 Å². The number of sulfone groups is 1. The van der Waals surface area contributed by atoms with Gasteiger partial charge in [0.15, 0.2) is 9.84 Å². The van der Waals surface area contributed by atoms with Crippen molar-refractivity contribution in [2.24, 2.45) is 5.41 Å². The summed E-state index contributed by atoms with van der Waals surface area (Å²) in [5.41, 5.74) is 1.51. The molecule has 3 aliphatic rings. The van der Waals surface area contributed by atoms with Gasteiger partial charge in [-0.05, 0) is 62.6 Å². The Morgan fingerprint density at radius 2 is 1.81 bits per heavy atom. The maximum atomic E-state index is 13.7. The van der Waals surface area contributed by atoms with Gasteiger partial charge in [0.2, 0.25) is 17.7 Å². The zero-order valence-corrected chi connectivity index (χ0v) is 22.9. The van der Waals surface area contributed by atoms with Crippen LogP contribution in [0.25, 0.3) is 0 Å². The minimum atomic E-state index is -3.69. The molecule has 1 aliphatic carbocycles. The highest BCUT2D eigenvalue weighted by Crippen LogP contribution is 2.44. The lowest BCUT2D eigenvalue weighted by atomic mass is 9.83. The summed E-state index contributed by atoms with van der Waals surface area (Å²) in [5.74, 6) is -1.47. The van der Waals surface area contributed by atoms with E-state index in [9.17, 15) is 22.8 Å². The Labute approximate surface area is 219 Å². The number of nitrogens with one attached hydrogen (secondary N) is 3. The summed E-state index contributed by atoms with van der Waals surface area (Å²) in [6.07, 6.45) is 2.84. The molecule has 1 aromatic rings. The number of halogens is 1. The molecule has 2 saturated heterocycles. The van der Waals surface area contributed by atoms with E-state index in [2.05, 4.69) is 22.0 Å². The summed E-state index contributed by atoms with van der Waals surface area (Å²) >= 11 is 0. The van der Waals surface area contributed by atoms with Gasteiger partial charge in [-0.1, -0.05) is 38.1 Å². The normalized spacial score (nSPS) is 29.1. The molecule has 0 unspecified atom stereocenters. The minimum Gasteiger partial charge on any atom is -0.347 e. The molecule has 2 aliphatic heterocycles. The van der Waals surface area contributed by atoms with Gasteiger partial charge in [-0.15, -0.1) is 12.4 Å². The van der Waals surface area contributed by atoms with E-state index >= 15 is 0 Å². The number of carbonyl (C=O) groups is 3. The Morgan fingerprint density at radius 1 is 1.11 bits per heavy atom. The Morgan fingerprint density at radius 3 is 2.50 bits per heavy atom. The van der Waals surface area contributed by atoms with Crippen molar-refractivity contribution in [2.75, 3.05) is 12.8 Å². The molecule has 4 rings (SSSR count). The molecule has 0 spiro atoms. The van der Waals surface area contributed by atoms with Crippen LogP contribution in [0.15, 0.2) is 24.3 Å². The standard InChI is InChI=1S/C25H36N4O5S.ClH/c1-15(26-4)22(30)28-19-12-13-35(33,34)20-14-25(2,3)21(29(20)24(19)32)23(31)27-18-11-7-9-16-8-5-6-10-17(16)18;/h5-6,8,10,15,18-21,26H,7,9,11-14H2,1-4H3,(H,27,31)(H,28,30);1H/t15-,18+,19-,20-,21+;/m0./s1. The van der Waals surface area contributed by atoms with Crippen LogP contribution in [-0.2, 0) is 30.6 Å². The third kappa shape index (κ3) is 5.26. The summed E-state index contributed by atoms with van der Waals surface area (Å²) < 4.78 is 26.4. The van der Waals surface area contributed by atoms with Crippen LogP contribution in [0.5, 0.6) is 0 Å². The lowest BCUT2D eigenvalue weighted by Crippen LogP contribution is -2.58. The molecular weight excluding hydrogens is 504 g/mol. The number of hydrogen-bond donors (Lipinski definition) is 3. The molecule has 11 heteroatoms. The molecule has 9 nitrogen and oxygen atoms in total. The van der Waals surface area contributed by atoms with Crippen LogP contribution in [0.2, 0.25) is 0 Å². The maximum Gasteiger partial charge on any atom is 0.246 e. The summed E-state index contributed by atoms with van der Waals surface area (Å²) in [4.78, 5) is 41.2. The highest BCUT2D eigenvalue weighted by atomic mass is 35.5. The van der Waals surface area contributed by atoms with Crippen LogP contribution < -0.4 is 16.0 Å². The molecular formula is C25H37ClN4O5S. The van der Waals surface area contributed by atoms with Gasteiger partial charge >= 0.3 is 0 Å². The largest absolute Gasteiger partial charge is 0.347 e. The fourth-order valence-electron chi connectivity index (χ4n) is 5.69. The molecule has 1 aromatic carbocycles. The van der Waals surface area contributed by atoms with Crippen LogP contribution in [0, 0.1) is 5.41 Å². The number of amides is 3. The zero-order valence-electron chi connectivity index (χ0n) is 21.2. The predicted octanol–water partition coefficient (Wildman–Crippen LogP) is 1.47. The second-order valence-electron chi connectivity index (χ2n) is 10.7. The van der Waals surface area contributed by atoms with E-state index in [0.717, 1.165) is 24.8 Å². The van der Waals surface area contributed by atoms with Crippen molar-refractivity contribution in [1.29, 1.82) is 0 Å². The number of benzene rings is 1. The van der Waals surface area contributed by atoms with Crippen molar-refractivity contribution in [3.8, 4) is 0 Å². The molecule has 0 saturated carbocycles. The molecule has 36 heavy (non-hydrogen) atoms. The van der Waals surface area contributed by atoms with E-state index in [1.807, 2.05) is 32.0 Å². The predicted molar refractivity (Wildman–Crippen MR) is 139 cm³/mol. The Balaban J connectivity index is 0.00000361. The minimum absolute atomic E-state index is 0.